The van der Waals surface area contributed by atoms with Crippen molar-refractivity contribution in [3.05, 3.63) is 23.8 Å². The molecule has 2 heterocycles. The van der Waals surface area contributed by atoms with Crippen LogP contribution in [0.25, 0.3) is 0 Å². The van der Waals surface area contributed by atoms with E-state index in [2.05, 4.69) is 33.0 Å². The van der Waals surface area contributed by atoms with Crippen LogP contribution in [0.3, 0.4) is 0 Å². The van der Waals surface area contributed by atoms with Crippen molar-refractivity contribution >= 4 is 23.3 Å². The number of rotatable bonds is 4. The molecule has 0 amide bonds. The Bertz CT molecular complexity index is 753. The first-order valence-electron chi connectivity index (χ1n) is 9.99. The van der Waals surface area contributed by atoms with E-state index in [9.17, 15) is 0 Å². The molecule has 1 spiro atoms. The summed E-state index contributed by atoms with van der Waals surface area (Å²) < 4.78 is 5.30. The lowest BCUT2D eigenvalue weighted by molar-refractivity contribution is 0.205. The van der Waals surface area contributed by atoms with E-state index in [-0.39, 0.29) is 0 Å². The third-order valence-electron chi connectivity index (χ3n) is 5.96. The van der Waals surface area contributed by atoms with Crippen molar-refractivity contribution in [2.75, 3.05) is 36.6 Å². The number of nitrogens with two attached hydrogens (primary N) is 2. The Kier molecular flexibility index (Phi) is 4.95. The van der Waals surface area contributed by atoms with E-state index in [1.807, 2.05) is 0 Å². The molecule has 0 bridgehead atoms. The van der Waals surface area contributed by atoms with Gasteiger partial charge in [0.15, 0.2) is 0 Å². The van der Waals surface area contributed by atoms with E-state index in [1.165, 1.54) is 24.1 Å². The standard InChI is InChI=1S/C20H30N6O/c1-27-13-12-25-11-5-6-15-7-8-16(14-17(15)25)26-19(22)23-18(21)24-20(26)9-3-2-4-10-20/h7-8,14H,2-6,9-13H2,1H3,(H4,21,22,23,24). The zero-order valence-electron chi connectivity index (χ0n) is 16.2. The van der Waals surface area contributed by atoms with Crippen LogP contribution < -0.4 is 21.3 Å². The lowest BCUT2D eigenvalue weighted by Crippen LogP contribution is -2.58. The number of ether oxygens (including phenoxy) is 1. The van der Waals surface area contributed by atoms with Gasteiger partial charge in [-0.2, -0.15) is 4.99 Å². The van der Waals surface area contributed by atoms with Gasteiger partial charge in [-0.05, 0) is 56.2 Å². The topological polar surface area (TPSA) is 92.5 Å². The molecule has 0 aromatic heterocycles. The molecule has 0 radical (unpaired) electrons. The van der Waals surface area contributed by atoms with E-state index < -0.39 is 5.66 Å². The summed E-state index contributed by atoms with van der Waals surface area (Å²) in [7, 11) is 1.75. The molecule has 7 heteroatoms. The number of guanidine groups is 2. The lowest BCUT2D eigenvalue weighted by atomic mass is 9.87. The van der Waals surface area contributed by atoms with E-state index in [0.29, 0.717) is 11.9 Å². The number of nitrogens with zero attached hydrogens (tertiary/aromatic N) is 4. The van der Waals surface area contributed by atoms with Gasteiger partial charge in [0.25, 0.3) is 0 Å². The molecule has 3 aliphatic rings. The van der Waals surface area contributed by atoms with Crippen molar-refractivity contribution in [1.82, 2.24) is 0 Å². The summed E-state index contributed by atoms with van der Waals surface area (Å²) in [5.41, 5.74) is 15.7. The van der Waals surface area contributed by atoms with Gasteiger partial charge in [-0.15, -0.1) is 0 Å². The number of anilines is 2. The first-order chi connectivity index (χ1) is 13.1. The zero-order valence-corrected chi connectivity index (χ0v) is 16.2. The molecule has 0 atom stereocenters. The Morgan fingerprint density at radius 3 is 2.74 bits per heavy atom. The minimum absolute atomic E-state index is 0.297. The van der Waals surface area contributed by atoms with E-state index in [1.54, 1.807) is 7.11 Å². The molecule has 4 N–H and O–H groups in total. The summed E-state index contributed by atoms with van der Waals surface area (Å²) in [6.07, 6.45) is 7.68. The average molecular weight is 371 g/mol. The molecule has 0 unspecified atom stereocenters. The molecule has 7 nitrogen and oxygen atoms in total. The van der Waals surface area contributed by atoms with Crippen molar-refractivity contribution in [2.45, 2.75) is 50.6 Å². The summed E-state index contributed by atoms with van der Waals surface area (Å²) in [5.74, 6) is 0.744. The largest absolute Gasteiger partial charge is 0.383 e. The fourth-order valence-electron chi connectivity index (χ4n) is 4.71. The smallest absolute Gasteiger partial charge is 0.220 e. The summed E-state index contributed by atoms with van der Waals surface area (Å²) in [6, 6.07) is 6.64. The van der Waals surface area contributed by atoms with Gasteiger partial charge < -0.3 is 21.1 Å². The SMILES string of the molecule is COCCN1CCCc2ccc(N3C(N)=NC(N)=NC34CCCCC4)cc21. The van der Waals surface area contributed by atoms with Gasteiger partial charge in [-0.1, -0.05) is 12.5 Å². The van der Waals surface area contributed by atoms with Crippen molar-refractivity contribution in [1.29, 1.82) is 0 Å². The second-order valence-corrected chi connectivity index (χ2v) is 7.71. The molecule has 2 aliphatic heterocycles. The van der Waals surface area contributed by atoms with E-state index in [4.69, 9.17) is 21.2 Å². The predicted octanol–water partition coefficient (Wildman–Crippen LogP) is 2.20. The minimum atomic E-state index is -0.394. The third kappa shape index (κ3) is 3.36. The van der Waals surface area contributed by atoms with Crippen LogP contribution >= 0.6 is 0 Å². The van der Waals surface area contributed by atoms with E-state index in [0.717, 1.165) is 57.5 Å². The maximum atomic E-state index is 6.38. The summed E-state index contributed by atoms with van der Waals surface area (Å²) in [4.78, 5) is 13.6. The minimum Gasteiger partial charge on any atom is -0.383 e. The number of hydrogen-bond donors (Lipinski definition) is 2. The van der Waals surface area contributed by atoms with Crippen LogP contribution in [0.1, 0.15) is 44.1 Å². The number of aliphatic imine (C=N–C) groups is 2. The van der Waals surface area contributed by atoms with Gasteiger partial charge in [0.1, 0.15) is 5.66 Å². The Labute approximate surface area is 161 Å². The highest BCUT2D eigenvalue weighted by atomic mass is 16.5. The van der Waals surface area contributed by atoms with Crippen molar-refractivity contribution in [3.63, 3.8) is 0 Å². The number of benzene rings is 1. The molecule has 1 aromatic rings. The molecule has 4 rings (SSSR count). The highest BCUT2D eigenvalue weighted by Crippen LogP contribution is 2.41. The molecule has 146 valence electrons. The van der Waals surface area contributed by atoms with Crippen LogP contribution in [-0.2, 0) is 11.2 Å². The quantitative estimate of drug-likeness (QED) is 0.848. The third-order valence-corrected chi connectivity index (χ3v) is 5.96. The van der Waals surface area contributed by atoms with E-state index >= 15 is 0 Å². The normalized spacial score (nSPS) is 21.7. The van der Waals surface area contributed by atoms with Crippen LogP contribution in [-0.4, -0.2) is 44.4 Å². The molecule has 1 aliphatic carbocycles. The fourth-order valence-corrected chi connectivity index (χ4v) is 4.71. The van der Waals surface area contributed by atoms with Crippen LogP contribution in [0.2, 0.25) is 0 Å². The number of aryl methyl sites for hydroxylation is 1. The molecule has 1 aromatic carbocycles. The maximum Gasteiger partial charge on any atom is 0.220 e. The summed E-state index contributed by atoms with van der Waals surface area (Å²) in [5, 5.41) is 0. The van der Waals surface area contributed by atoms with Gasteiger partial charge in [-0.3, -0.25) is 4.90 Å². The summed E-state index contributed by atoms with van der Waals surface area (Å²) >= 11 is 0. The van der Waals surface area contributed by atoms with Gasteiger partial charge in [0, 0.05) is 31.6 Å². The van der Waals surface area contributed by atoms with Crippen LogP contribution in [0.4, 0.5) is 11.4 Å². The predicted molar refractivity (Wildman–Crippen MR) is 110 cm³/mol. The highest BCUT2D eigenvalue weighted by Gasteiger charge is 2.42. The second kappa shape index (κ2) is 7.38. The number of methoxy groups -OCH3 is 1. The Hall–Kier alpha value is -2.28. The molecular formula is C20H30N6O. The van der Waals surface area contributed by atoms with Gasteiger partial charge >= 0.3 is 0 Å². The molecular weight excluding hydrogens is 340 g/mol. The Morgan fingerprint density at radius 1 is 1.15 bits per heavy atom. The molecule has 0 saturated heterocycles. The second-order valence-electron chi connectivity index (χ2n) is 7.71. The molecule has 27 heavy (non-hydrogen) atoms. The zero-order chi connectivity index (χ0) is 18.9. The first-order valence-corrected chi connectivity index (χ1v) is 9.99. The molecule has 1 fully saturated rings. The highest BCUT2D eigenvalue weighted by molar-refractivity contribution is 6.05. The van der Waals surface area contributed by atoms with Crippen molar-refractivity contribution < 1.29 is 4.74 Å². The first kappa shape index (κ1) is 18.1. The number of hydrogen-bond acceptors (Lipinski definition) is 7. The number of fused-ring (bicyclic) bond motifs is 1. The van der Waals surface area contributed by atoms with Crippen molar-refractivity contribution in [3.8, 4) is 0 Å². The Morgan fingerprint density at radius 2 is 1.96 bits per heavy atom. The van der Waals surface area contributed by atoms with Crippen LogP contribution in [0.15, 0.2) is 28.2 Å². The monoisotopic (exact) mass is 370 g/mol. The summed E-state index contributed by atoms with van der Waals surface area (Å²) in [6.45, 7) is 2.67. The van der Waals surface area contributed by atoms with Crippen LogP contribution in [0, 0.1) is 0 Å². The Balaban J connectivity index is 1.72. The maximum absolute atomic E-state index is 6.38. The van der Waals surface area contributed by atoms with Crippen molar-refractivity contribution in [2.24, 2.45) is 21.5 Å². The van der Waals surface area contributed by atoms with Gasteiger partial charge in [0.05, 0.1) is 6.61 Å². The van der Waals surface area contributed by atoms with Gasteiger partial charge in [0.2, 0.25) is 11.9 Å². The molecule has 1 saturated carbocycles. The average Bonchev–Trinajstić information content (AvgIpc) is 2.66. The van der Waals surface area contributed by atoms with Gasteiger partial charge in [-0.25, -0.2) is 4.99 Å². The fraction of sp³-hybridized carbons (Fsp3) is 0.600. The van der Waals surface area contributed by atoms with Crippen LogP contribution in [0.5, 0.6) is 0 Å². The lowest BCUT2D eigenvalue weighted by Gasteiger charge is -2.46.